The van der Waals surface area contributed by atoms with Crippen molar-refractivity contribution in [2.24, 2.45) is 0 Å². The Bertz CT molecular complexity index is 446. The van der Waals surface area contributed by atoms with E-state index >= 15 is 0 Å². The van der Waals surface area contributed by atoms with Crippen LogP contribution in [0.25, 0.3) is 0 Å². The molecule has 1 aromatic carbocycles. The van der Waals surface area contributed by atoms with E-state index < -0.39 is 0 Å². The average molecular weight is 293 g/mol. The summed E-state index contributed by atoms with van der Waals surface area (Å²) in [5, 5.41) is 0. The molecule has 1 amide bonds. The summed E-state index contributed by atoms with van der Waals surface area (Å²) in [6, 6.07) is 5.90. The van der Waals surface area contributed by atoms with Crippen LogP contribution in [0.4, 0.5) is 0 Å². The number of amides is 1. The third-order valence-electron chi connectivity index (χ3n) is 3.08. The van der Waals surface area contributed by atoms with Crippen molar-refractivity contribution in [3.63, 3.8) is 0 Å². The van der Waals surface area contributed by atoms with Crippen LogP contribution in [-0.4, -0.2) is 30.6 Å². The second kappa shape index (κ2) is 9.27. The molecule has 0 aliphatic heterocycles. The molecule has 0 saturated carbocycles. The Labute approximate surface area is 128 Å². The highest BCUT2D eigenvalue weighted by atomic mass is 16.5. The molecule has 0 radical (unpaired) electrons. The van der Waals surface area contributed by atoms with Crippen molar-refractivity contribution >= 4 is 5.91 Å². The van der Waals surface area contributed by atoms with Gasteiger partial charge >= 0.3 is 0 Å². The van der Waals surface area contributed by atoms with E-state index in [4.69, 9.17) is 9.47 Å². The summed E-state index contributed by atoms with van der Waals surface area (Å²) in [6.45, 7) is 10.4. The summed E-state index contributed by atoms with van der Waals surface area (Å²) in [6.07, 6.45) is 1.91. The largest absolute Gasteiger partial charge is 0.490 e. The predicted molar refractivity (Wildman–Crippen MR) is 84.8 cm³/mol. The van der Waals surface area contributed by atoms with Crippen LogP contribution in [0, 0.1) is 0 Å². The fourth-order valence-corrected chi connectivity index (χ4v) is 2.09. The first-order chi connectivity index (χ1) is 10.1. The standard InChI is InChI=1S/C17H27NO3/c1-5-10-18(14(4)19)13-15-8-9-16(21-11-6-2)17(12-15)20-7-3/h8-9,12H,5-7,10-11,13H2,1-4H3. The summed E-state index contributed by atoms with van der Waals surface area (Å²) in [5.41, 5.74) is 1.06. The van der Waals surface area contributed by atoms with Crippen LogP contribution in [-0.2, 0) is 11.3 Å². The molecule has 1 rings (SSSR count). The van der Waals surface area contributed by atoms with Gasteiger partial charge in [0.25, 0.3) is 0 Å². The first kappa shape index (κ1) is 17.3. The molecular formula is C17H27NO3. The van der Waals surface area contributed by atoms with E-state index in [1.807, 2.05) is 30.0 Å². The minimum Gasteiger partial charge on any atom is -0.490 e. The highest BCUT2D eigenvalue weighted by Crippen LogP contribution is 2.29. The first-order valence-corrected chi connectivity index (χ1v) is 7.76. The fourth-order valence-electron chi connectivity index (χ4n) is 2.09. The van der Waals surface area contributed by atoms with E-state index in [9.17, 15) is 4.79 Å². The molecule has 4 heteroatoms. The zero-order valence-electron chi connectivity index (χ0n) is 13.6. The SMILES string of the molecule is CCCOc1ccc(CN(CCC)C(C)=O)cc1OCC. The second-order valence-corrected chi connectivity index (χ2v) is 5.00. The maximum absolute atomic E-state index is 11.6. The lowest BCUT2D eigenvalue weighted by Gasteiger charge is -2.21. The molecule has 0 bridgehead atoms. The van der Waals surface area contributed by atoms with Crippen LogP contribution in [0.15, 0.2) is 18.2 Å². The molecule has 0 fully saturated rings. The topological polar surface area (TPSA) is 38.8 Å². The maximum Gasteiger partial charge on any atom is 0.219 e. The first-order valence-electron chi connectivity index (χ1n) is 7.76. The minimum atomic E-state index is 0.0983. The summed E-state index contributed by atoms with van der Waals surface area (Å²) < 4.78 is 11.3. The number of ether oxygens (including phenoxy) is 2. The Balaban J connectivity index is 2.87. The van der Waals surface area contributed by atoms with Gasteiger partial charge in [-0.2, -0.15) is 0 Å². The number of carbonyl (C=O) groups excluding carboxylic acids is 1. The second-order valence-electron chi connectivity index (χ2n) is 5.00. The molecule has 118 valence electrons. The summed E-state index contributed by atoms with van der Waals surface area (Å²) in [5.74, 6) is 1.62. The molecule has 0 aromatic heterocycles. The Morgan fingerprint density at radius 1 is 1.10 bits per heavy atom. The Morgan fingerprint density at radius 3 is 2.43 bits per heavy atom. The van der Waals surface area contributed by atoms with Crippen molar-refractivity contribution in [2.45, 2.75) is 47.1 Å². The van der Waals surface area contributed by atoms with E-state index in [-0.39, 0.29) is 5.91 Å². The van der Waals surface area contributed by atoms with Gasteiger partial charge in [0.05, 0.1) is 13.2 Å². The number of nitrogens with zero attached hydrogens (tertiary/aromatic N) is 1. The van der Waals surface area contributed by atoms with Crippen molar-refractivity contribution in [3.05, 3.63) is 23.8 Å². The van der Waals surface area contributed by atoms with Crippen molar-refractivity contribution in [2.75, 3.05) is 19.8 Å². The molecule has 4 nitrogen and oxygen atoms in total. The van der Waals surface area contributed by atoms with Gasteiger partial charge in [-0.05, 0) is 37.5 Å². The van der Waals surface area contributed by atoms with E-state index in [1.54, 1.807) is 6.92 Å². The van der Waals surface area contributed by atoms with Gasteiger partial charge in [0, 0.05) is 20.0 Å². The molecule has 0 N–H and O–H groups in total. The minimum absolute atomic E-state index is 0.0983. The van der Waals surface area contributed by atoms with E-state index in [1.165, 1.54) is 0 Å². The van der Waals surface area contributed by atoms with Gasteiger partial charge in [0.15, 0.2) is 11.5 Å². The Kier molecular flexibility index (Phi) is 7.65. The average Bonchev–Trinajstić information content (AvgIpc) is 2.46. The quantitative estimate of drug-likeness (QED) is 0.698. The molecule has 0 unspecified atom stereocenters. The fraction of sp³-hybridized carbons (Fsp3) is 0.588. The predicted octanol–water partition coefficient (Wildman–Crippen LogP) is 3.63. The molecule has 0 aliphatic rings. The number of carbonyl (C=O) groups is 1. The molecule has 1 aromatic rings. The summed E-state index contributed by atoms with van der Waals surface area (Å²) in [7, 11) is 0. The Hall–Kier alpha value is -1.71. The highest BCUT2D eigenvalue weighted by molar-refractivity contribution is 5.73. The lowest BCUT2D eigenvalue weighted by atomic mass is 10.2. The van der Waals surface area contributed by atoms with Crippen LogP contribution >= 0.6 is 0 Å². The number of benzene rings is 1. The molecule has 0 aliphatic carbocycles. The van der Waals surface area contributed by atoms with Gasteiger partial charge in [0.1, 0.15) is 0 Å². The Morgan fingerprint density at radius 2 is 1.86 bits per heavy atom. The molecule has 0 saturated heterocycles. The van der Waals surface area contributed by atoms with Crippen molar-refractivity contribution in [1.82, 2.24) is 4.90 Å². The van der Waals surface area contributed by atoms with Crippen molar-refractivity contribution < 1.29 is 14.3 Å². The lowest BCUT2D eigenvalue weighted by Crippen LogP contribution is -2.28. The van der Waals surface area contributed by atoms with Crippen LogP contribution in [0.1, 0.15) is 46.1 Å². The van der Waals surface area contributed by atoms with Crippen molar-refractivity contribution in [1.29, 1.82) is 0 Å². The normalized spacial score (nSPS) is 10.3. The van der Waals surface area contributed by atoms with Gasteiger partial charge < -0.3 is 14.4 Å². The smallest absolute Gasteiger partial charge is 0.219 e. The third-order valence-corrected chi connectivity index (χ3v) is 3.08. The highest BCUT2D eigenvalue weighted by Gasteiger charge is 2.11. The molecule has 0 spiro atoms. The number of hydrogen-bond acceptors (Lipinski definition) is 3. The van der Waals surface area contributed by atoms with Gasteiger partial charge in [-0.1, -0.05) is 19.9 Å². The van der Waals surface area contributed by atoms with Gasteiger partial charge in [-0.3, -0.25) is 4.79 Å². The van der Waals surface area contributed by atoms with Gasteiger partial charge in [-0.25, -0.2) is 0 Å². The molecule has 21 heavy (non-hydrogen) atoms. The monoisotopic (exact) mass is 293 g/mol. The van der Waals surface area contributed by atoms with Crippen LogP contribution in [0.5, 0.6) is 11.5 Å². The molecule has 0 atom stereocenters. The zero-order valence-corrected chi connectivity index (χ0v) is 13.6. The van der Waals surface area contributed by atoms with Crippen molar-refractivity contribution in [3.8, 4) is 11.5 Å². The number of rotatable bonds is 9. The zero-order chi connectivity index (χ0) is 15.7. The van der Waals surface area contributed by atoms with Crippen LogP contribution in [0.3, 0.4) is 0 Å². The van der Waals surface area contributed by atoms with Crippen LogP contribution < -0.4 is 9.47 Å². The summed E-state index contributed by atoms with van der Waals surface area (Å²) >= 11 is 0. The van der Waals surface area contributed by atoms with E-state index in [2.05, 4.69) is 13.8 Å². The molecule has 0 heterocycles. The maximum atomic E-state index is 11.6. The lowest BCUT2D eigenvalue weighted by molar-refractivity contribution is -0.129. The van der Waals surface area contributed by atoms with E-state index in [0.717, 1.165) is 36.4 Å². The molecular weight excluding hydrogens is 266 g/mol. The summed E-state index contributed by atoms with van der Waals surface area (Å²) in [4.78, 5) is 13.5. The van der Waals surface area contributed by atoms with Gasteiger partial charge in [0.2, 0.25) is 5.91 Å². The van der Waals surface area contributed by atoms with Crippen LogP contribution in [0.2, 0.25) is 0 Å². The number of hydrogen-bond donors (Lipinski definition) is 0. The van der Waals surface area contributed by atoms with E-state index in [0.29, 0.717) is 19.8 Å². The van der Waals surface area contributed by atoms with Gasteiger partial charge in [-0.15, -0.1) is 0 Å². The third kappa shape index (κ3) is 5.66.